The van der Waals surface area contributed by atoms with Crippen LogP contribution in [-0.4, -0.2) is 15.6 Å². The zero-order valence-electron chi connectivity index (χ0n) is 12.8. The summed E-state index contributed by atoms with van der Waals surface area (Å²) in [6, 6.07) is 0.619. The minimum absolute atomic E-state index is 0.619. The predicted octanol–water partition coefficient (Wildman–Crippen LogP) is 4.37. The first-order valence-electron chi connectivity index (χ1n) is 7.95. The van der Waals surface area contributed by atoms with Crippen molar-refractivity contribution in [2.45, 2.75) is 78.3 Å². The van der Waals surface area contributed by atoms with E-state index >= 15 is 0 Å². The van der Waals surface area contributed by atoms with Crippen LogP contribution in [0.25, 0.3) is 0 Å². The van der Waals surface area contributed by atoms with E-state index in [9.17, 15) is 0 Å². The number of anilines is 1. The van der Waals surface area contributed by atoms with Crippen molar-refractivity contribution in [2.24, 2.45) is 5.92 Å². The molecule has 0 aromatic carbocycles. The largest absolute Gasteiger partial charge is 0.353 e. The number of hydrogen-bond donors (Lipinski definition) is 1. The molecule has 1 aliphatic rings. The topological polar surface area (TPSA) is 29.9 Å². The van der Waals surface area contributed by atoms with Crippen molar-refractivity contribution in [3.8, 4) is 0 Å². The van der Waals surface area contributed by atoms with Crippen LogP contribution in [0.4, 0.5) is 5.95 Å². The third-order valence-corrected chi connectivity index (χ3v) is 3.90. The van der Waals surface area contributed by atoms with Crippen molar-refractivity contribution in [3.05, 3.63) is 11.9 Å². The SMILES string of the molecule is Cc1cn(CC(C)C)c(NC2CCCCCCC2)n1. The molecule has 108 valence electrons. The fourth-order valence-electron chi connectivity index (χ4n) is 2.98. The number of rotatable bonds is 4. The molecule has 0 saturated heterocycles. The summed E-state index contributed by atoms with van der Waals surface area (Å²) in [7, 11) is 0. The highest BCUT2D eigenvalue weighted by Gasteiger charge is 2.14. The molecule has 1 fully saturated rings. The molecule has 1 aromatic rings. The number of nitrogens with one attached hydrogen (secondary N) is 1. The van der Waals surface area contributed by atoms with Gasteiger partial charge < -0.3 is 9.88 Å². The number of aromatic nitrogens is 2. The molecule has 0 unspecified atom stereocenters. The Balaban J connectivity index is 2.00. The minimum atomic E-state index is 0.619. The molecule has 0 amide bonds. The van der Waals surface area contributed by atoms with Crippen molar-refractivity contribution >= 4 is 5.95 Å². The standard InChI is InChI=1S/C16H29N3/c1-13(2)11-19-12-14(3)17-16(19)18-15-9-7-5-4-6-8-10-15/h12-13,15H,4-11H2,1-3H3,(H,17,18). The zero-order chi connectivity index (χ0) is 13.7. The van der Waals surface area contributed by atoms with Gasteiger partial charge in [-0.05, 0) is 25.7 Å². The summed E-state index contributed by atoms with van der Waals surface area (Å²) in [4.78, 5) is 4.66. The summed E-state index contributed by atoms with van der Waals surface area (Å²) in [6.07, 6.45) is 11.7. The second-order valence-corrected chi connectivity index (χ2v) is 6.44. The highest BCUT2D eigenvalue weighted by Crippen LogP contribution is 2.21. The molecule has 1 N–H and O–H groups in total. The van der Waals surface area contributed by atoms with Gasteiger partial charge in [-0.1, -0.05) is 46.0 Å². The van der Waals surface area contributed by atoms with E-state index in [1.165, 1.54) is 44.9 Å². The summed E-state index contributed by atoms with van der Waals surface area (Å²) in [5.41, 5.74) is 1.12. The molecule has 0 atom stereocenters. The van der Waals surface area contributed by atoms with Crippen LogP contribution in [-0.2, 0) is 6.54 Å². The van der Waals surface area contributed by atoms with E-state index in [1.807, 2.05) is 0 Å². The van der Waals surface area contributed by atoms with E-state index < -0.39 is 0 Å². The molecule has 0 spiro atoms. The second-order valence-electron chi connectivity index (χ2n) is 6.44. The summed E-state index contributed by atoms with van der Waals surface area (Å²) >= 11 is 0. The molecule has 2 rings (SSSR count). The van der Waals surface area contributed by atoms with Gasteiger partial charge in [0, 0.05) is 18.8 Å². The van der Waals surface area contributed by atoms with Crippen molar-refractivity contribution in [2.75, 3.05) is 5.32 Å². The highest BCUT2D eigenvalue weighted by molar-refractivity contribution is 5.30. The lowest BCUT2D eigenvalue weighted by Crippen LogP contribution is -2.23. The maximum Gasteiger partial charge on any atom is 0.203 e. The number of aryl methyl sites for hydroxylation is 1. The fourth-order valence-corrected chi connectivity index (χ4v) is 2.98. The normalized spacial score (nSPS) is 18.3. The Bertz CT molecular complexity index is 373. The van der Waals surface area contributed by atoms with Crippen LogP contribution in [0.2, 0.25) is 0 Å². The average Bonchev–Trinajstić information content (AvgIpc) is 2.61. The van der Waals surface area contributed by atoms with Gasteiger partial charge in [-0.3, -0.25) is 0 Å². The first-order valence-corrected chi connectivity index (χ1v) is 7.95. The third kappa shape index (κ3) is 4.55. The van der Waals surface area contributed by atoms with E-state index in [0.717, 1.165) is 18.2 Å². The molecule has 3 nitrogen and oxygen atoms in total. The van der Waals surface area contributed by atoms with Crippen LogP contribution in [0.15, 0.2) is 6.20 Å². The average molecular weight is 263 g/mol. The summed E-state index contributed by atoms with van der Waals surface area (Å²) < 4.78 is 2.29. The summed E-state index contributed by atoms with van der Waals surface area (Å²) in [5.74, 6) is 1.74. The van der Waals surface area contributed by atoms with Crippen LogP contribution in [0.1, 0.15) is 64.5 Å². The summed E-state index contributed by atoms with van der Waals surface area (Å²) in [6.45, 7) is 7.65. The van der Waals surface area contributed by atoms with E-state index in [4.69, 9.17) is 0 Å². The van der Waals surface area contributed by atoms with Gasteiger partial charge in [-0.25, -0.2) is 4.98 Å². The van der Waals surface area contributed by atoms with Crippen molar-refractivity contribution < 1.29 is 0 Å². The molecule has 1 aromatic heterocycles. The van der Waals surface area contributed by atoms with Crippen LogP contribution in [0.5, 0.6) is 0 Å². The van der Waals surface area contributed by atoms with E-state index in [0.29, 0.717) is 12.0 Å². The molecule has 19 heavy (non-hydrogen) atoms. The van der Waals surface area contributed by atoms with Gasteiger partial charge >= 0.3 is 0 Å². The maximum absolute atomic E-state index is 4.66. The Morgan fingerprint density at radius 3 is 2.47 bits per heavy atom. The Morgan fingerprint density at radius 2 is 1.84 bits per heavy atom. The van der Waals surface area contributed by atoms with E-state index in [-0.39, 0.29) is 0 Å². The minimum Gasteiger partial charge on any atom is -0.353 e. The molecule has 0 aliphatic heterocycles. The number of hydrogen-bond acceptors (Lipinski definition) is 2. The summed E-state index contributed by atoms with van der Waals surface area (Å²) in [5, 5.41) is 3.70. The zero-order valence-corrected chi connectivity index (χ0v) is 12.8. The van der Waals surface area contributed by atoms with Gasteiger partial charge in [0.05, 0.1) is 5.69 Å². The molecule has 0 radical (unpaired) electrons. The second kappa shape index (κ2) is 6.97. The molecule has 3 heteroatoms. The van der Waals surface area contributed by atoms with Gasteiger partial charge in [-0.2, -0.15) is 0 Å². The predicted molar refractivity (Wildman–Crippen MR) is 81.5 cm³/mol. The highest BCUT2D eigenvalue weighted by atomic mass is 15.2. The molecular formula is C16H29N3. The molecule has 1 saturated carbocycles. The van der Waals surface area contributed by atoms with Crippen molar-refractivity contribution in [1.82, 2.24) is 9.55 Å². The lowest BCUT2D eigenvalue weighted by molar-refractivity contribution is 0.464. The van der Waals surface area contributed by atoms with Gasteiger partial charge in [0.1, 0.15) is 0 Å². The van der Waals surface area contributed by atoms with Gasteiger partial charge in [0.2, 0.25) is 5.95 Å². The quantitative estimate of drug-likeness (QED) is 0.874. The fraction of sp³-hybridized carbons (Fsp3) is 0.812. The molecule has 1 heterocycles. The molecular weight excluding hydrogens is 234 g/mol. The Kier molecular flexibility index (Phi) is 5.29. The molecule has 0 bridgehead atoms. The maximum atomic E-state index is 4.66. The van der Waals surface area contributed by atoms with Crippen LogP contribution in [0, 0.1) is 12.8 Å². The lowest BCUT2D eigenvalue weighted by Gasteiger charge is -2.22. The monoisotopic (exact) mass is 263 g/mol. The van der Waals surface area contributed by atoms with Crippen LogP contribution in [0.3, 0.4) is 0 Å². The smallest absolute Gasteiger partial charge is 0.203 e. The van der Waals surface area contributed by atoms with E-state index in [1.54, 1.807) is 0 Å². The van der Waals surface area contributed by atoms with Gasteiger partial charge in [0.15, 0.2) is 0 Å². The first kappa shape index (κ1) is 14.4. The van der Waals surface area contributed by atoms with Crippen molar-refractivity contribution in [1.29, 1.82) is 0 Å². The van der Waals surface area contributed by atoms with Crippen LogP contribution < -0.4 is 5.32 Å². The van der Waals surface area contributed by atoms with E-state index in [2.05, 4.69) is 41.8 Å². The Hall–Kier alpha value is -0.990. The van der Waals surface area contributed by atoms with Crippen molar-refractivity contribution in [3.63, 3.8) is 0 Å². The Labute approximate surface area is 117 Å². The number of imidazole rings is 1. The van der Waals surface area contributed by atoms with Gasteiger partial charge in [-0.15, -0.1) is 0 Å². The first-order chi connectivity index (χ1) is 9.15. The van der Waals surface area contributed by atoms with Crippen LogP contribution >= 0.6 is 0 Å². The molecule has 1 aliphatic carbocycles. The van der Waals surface area contributed by atoms with Gasteiger partial charge in [0.25, 0.3) is 0 Å². The third-order valence-electron chi connectivity index (χ3n) is 3.90. The number of nitrogens with zero attached hydrogens (tertiary/aromatic N) is 2. The Morgan fingerprint density at radius 1 is 1.21 bits per heavy atom. The lowest BCUT2D eigenvalue weighted by atomic mass is 9.97.